The summed E-state index contributed by atoms with van der Waals surface area (Å²) in [4.78, 5) is 16.9. The molecule has 0 fully saturated rings. The van der Waals surface area contributed by atoms with Gasteiger partial charge in [-0.05, 0) is 38.0 Å². The number of nitrogens with one attached hydrogen (secondary N) is 1. The highest BCUT2D eigenvalue weighted by Gasteiger charge is 2.13. The molecule has 2 aromatic rings. The van der Waals surface area contributed by atoms with E-state index in [1.165, 1.54) is 12.5 Å². The van der Waals surface area contributed by atoms with Crippen molar-refractivity contribution in [1.29, 1.82) is 0 Å². The minimum absolute atomic E-state index is 0.296. The second-order valence-electron chi connectivity index (χ2n) is 5.71. The Morgan fingerprint density at radius 3 is 2.86 bits per heavy atom. The largest absolute Gasteiger partial charge is 0.426 e. The summed E-state index contributed by atoms with van der Waals surface area (Å²) in [6.45, 7) is 11.4. The van der Waals surface area contributed by atoms with Crippen LogP contribution in [-0.4, -0.2) is 35.0 Å². The molecular weight excluding hydrogens is 276 g/mol. The molecule has 1 aromatic carbocycles. The number of ether oxygens (including phenoxy) is 1. The fourth-order valence-corrected chi connectivity index (χ4v) is 2.65. The molecule has 1 N–H and O–H groups in total. The smallest absolute Gasteiger partial charge is 0.308 e. The lowest BCUT2D eigenvalue weighted by molar-refractivity contribution is -0.131. The van der Waals surface area contributed by atoms with Crippen molar-refractivity contribution in [3.63, 3.8) is 0 Å². The predicted octanol–water partition coefficient (Wildman–Crippen LogP) is 3.53. The second-order valence-corrected chi connectivity index (χ2v) is 5.71. The highest BCUT2D eigenvalue weighted by molar-refractivity contribution is 5.91. The molecule has 2 rings (SSSR count). The number of nitrogens with zero attached hydrogens (tertiary/aromatic N) is 1. The summed E-state index contributed by atoms with van der Waals surface area (Å²) in [5, 5.41) is 1.00. The second kappa shape index (κ2) is 7.27. The predicted molar refractivity (Wildman–Crippen MR) is 90.2 cm³/mol. The number of fused-ring (bicyclic) bond motifs is 1. The Bertz CT molecular complexity index is 658. The first-order valence-electron chi connectivity index (χ1n) is 7.65. The van der Waals surface area contributed by atoms with Crippen molar-refractivity contribution in [1.82, 2.24) is 9.88 Å². The van der Waals surface area contributed by atoms with Gasteiger partial charge in [-0.1, -0.05) is 12.1 Å². The Hall–Kier alpha value is -2.07. The molecule has 0 spiro atoms. The molecule has 0 aliphatic heterocycles. The molecule has 0 unspecified atom stereocenters. The molecule has 4 heteroatoms. The van der Waals surface area contributed by atoms with Crippen molar-refractivity contribution >= 4 is 16.9 Å². The van der Waals surface area contributed by atoms with Gasteiger partial charge in [0.15, 0.2) is 0 Å². The molecule has 0 radical (unpaired) electrons. The van der Waals surface area contributed by atoms with E-state index < -0.39 is 0 Å². The van der Waals surface area contributed by atoms with Crippen LogP contribution in [0.2, 0.25) is 0 Å². The van der Waals surface area contributed by atoms with Crippen molar-refractivity contribution in [2.24, 2.45) is 0 Å². The molecule has 118 valence electrons. The SMILES string of the molecule is C=CCN(CCc1c[nH]c2cccc(OC(C)=O)c12)C(C)C. The molecule has 0 aliphatic rings. The number of H-pyrrole nitrogens is 1. The van der Waals surface area contributed by atoms with Crippen LogP contribution in [0.5, 0.6) is 5.75 Å². The van der Waals surface area contributed by atoms with Crippen molar-refractivity contribution in [2.75, 3.05) is 13.1 Å². The maximum absolute atomic E-state index is 11.3. The topological polar surface area (TPSA) is 45.3 Å². The molecular formula is C18H24N2O2. The van der Waals surface area contributed by atoms with E-state index in [-0.39, 0.29) is 5.97 Å². The molecule has 22 heavy (non-hydrogen) atoms. The van der Waals surface area contributed by atoms with E-state index in [0.717, 1.165) is 30.4 Å². The molecule has 0 saturated heterocycles. The third kappa shape index (κ3) is 3.77. The van der Waals surface area contributed by atoms with Gasteiger partial charge in [-0.25, -0.2) is 0 Å². The maximum Gasteiger partial charge on any atom is 0.308 e. The average Bonchev–Trinajstić information content (AvgIpc) is 2.87. The van der Waals surface area contributed by atoms with Gasteiger partial charge < -0.3 is 9.72 Å². The van der Waals surface area contributed by atoms with Gasteiger partial charge in [0.1, 0.15) is 5.75 Å². The van der Waals surface area contributed by atoms with Crippen molar-refractivity contribution in [3.8, 4) is 5.75 Å². The van der Waals surface area contributed by atoms with Gasteiger partial charge in [0.2, 0.25) is 0 Å². The molecule has 0 bridgehead atoms. The number of esters is 1. The summed E-state index contributed by atoms with van der Waals surface area (Å²) < 4.78 is 5.34. The Kier molecular flexibility index (Phi) is 5.39. The molecule has 0 saturated carbocycles. The van der Waals surface area contributed by atoms with Crippen LogP contribution in [0.4, 0.5) is 0 Å². The van der Waals surface area contributed by atoms with Gasteiger partial charge in [-0.2, -0.15) is 0 Å². The Balaban J connectivity index is 2.24. The first kappa shape index (κ1) is 16.3. The van der Waals surface area contributed by atoms with Crippen molar-refractivity contribution in [2.45, 2.75) is 33.2 Å². The van der Waals surface area contributed by atoms with Crippen LogP contribution in [-0.2, 0) is 11.2 Å². The zero-order valence-corrected chi connectivity index (χ0v) is 13.6. The first-order valence-corrected chi connectivity index (χ1v) is 7.65. The number of aromatic amines is 1. The van der Waals surface area contributed by atoms with Crippen molar-refractivity contribution < 1.29 is 9.53 Å². The van der Waals surface area contributed by atoms with Crippen LogP contribution in [0.15, 0.2) is 37.1 Å². The number of hydrogen-bond donors (Lipinski definition) is 1. The normalized spacial score (nSPS) is 11.3. The number of hydrogen-bond acceptors (Lipinski definition) is 3. The summed E-state index contributed by atoms with van der Waals surface area (Å²) in [5.41, 5.74) is 2.16. The van der Waals surface area contributed by atoms with Crippen LogP contribution in [0.3, 0.4) is 0 Å². The van der Waals surface area contributed by atoms with E-state index in [0.29, 0.717) is 11.8 Å². The van der Waals surface area contributed by atoms with Gasteiger partial charge in [0, 0.05) is 43.2 Å². The summed E-state index contributed by atoms with van der Waals surface area (Å²) in [5.74, 6) is 0.330. The van der Waals surface area contributed by atoms with Crippen LogP contribution < -0.4 is 4.74 Å². The third-order valence-electron chi connectivity index (χ3n) is 3.77. The lowest BCUT2D eigenvalue weighted by atomic mass is 10.1. The molecule has 0 atom stereocenters. The minimum Gasteiger partial charge on any atom is -0.426 e. The Morgan fingerprint density at radius 2 is 2.23 bits per heavy atom. The lowest BCUT2D eigenvalue weighted by Gasteiger charge is -2.24. The molecule has 0 aliphatic carbocycles. The van der Waals surface area contributed by atoms with E-state index in [2.05, 4.69) is 30.3 Å². The lowest BCUT2D eigenvalue weighted by Crippen LogP contribution is -2.32. The van der Waals surface area contributed by atoms with Crippen LogP contribution >= 0.6 is 0 Å². The summed E-state index contributed by atoms with van der Waals surface area (Å²) in [7, 11) is 0. The standard InChI is InChI=1S/C18H24N2O2/c1-5-10-20(13(2)3)11-9-15-12-19-16-7-6-8-17(18(15)16)22-14(4)21/h5-8,12-13,19H,1,9-11H2,2-4H3. The summed E-state index contributed by atoms with van der Waals surface area (Å²) in [6.07, 6.45) is 4.83. The maximum atomic E-state index is 11.3. The Morgan fingerprint density at radius 1 is 1.45 bits per heavy atom. The minimum atomic E-state index is -0.296. The monoisotopic (exact) mass is 300 g/mol. The zero-order valence-electron chi connectivity index (χ0n) is 13.6. The third-order valence-corrected chi connectivity index (χ3v) is 3.77. The van der Waals surface area contributed by atoms with Crippen LogP contribution in [0.25, 0.3) is 10.9 Å². The van der Waals surface area contributed by atoms with Gasteiger partial charge >= 0.3 is 5.97 Å². The van der Waals surface area contributed by atoms with E-state index >= 15 is 0 Å². The molecule has 4 nitrogen and oxygen atoms in total. The first-order chi connectivity index (χ1) is 10.5. The van der Waals surface area contributed by atoms with Crippen LogP contribution in [0.1, 0.15) is 26.3 Å². The fourth-order valence-electron chi connectivity index (χ4n) is 2.65. The quantitative estimate of drug-likeness (QED) is 0.483. The van der Waals surface area contributed by atoms with E-state index in [1.807, 2.05) is 30.5 Å². The zero-order chi connectivity index (χ0) is 16.1. The van der Waals surface area contributed by atoms with E-state index in [4.69, 9.17) is 4.74 Å². The number of carbonyl (C=O) groups excluding carboxylic acids is 1. The summed E-state index contributed by atoms with van der Waals surface area (Å²) in [6, 6.07) is 6.19. The van der Waals surface area contributed by atoms with Gasteiger partial charge in [0.25, 0.3) is 0 Å². The Labute approximate surface area is 131 Å². The van der Waals surface area contributed by atoms with Gasteiger partial charge in [0.05, 0.1) is 0 Å². The van der Waals surface area contributed by atoms with E-state index in [9.17, 15) is 4.79 Å². The average molecular weight is 300 g/mol. The number of rotatable bonds is 7. The fraction of sp³-hybridized carbons (Fsp3) is 0.389. The highest BCUT2D eigenvalue weighted by Crippen LogP contribution is 2.29. The van der Waals surface area contributed by atoms with E-state index in [1.54, 1.807) is 0 Å². The molecule has 1 aromatic heterocycles. The van der Waals surface area contributed by atoms with Gasteiger partial charge in [-0.3, -0.25) is 9.69 Å². The van der Waals surface area contributed by atoms with Crippen LogP contribution in [0, 0.1) is 0 Å². The number of aromatic nitrogens is 1. The highest BCUT2D eigenvalue weighted by atomic mass is 16.5. The summed E-state index contributed by atoms with van der Waals surface area (Å²) >= 11 is 0. The number of carbonyl (C=O) groups is 1. The molecule has 1 heterocycles. The van der Waals surface area contributed by atoms with Crippen molar-refractivity contribution in [3.05, 3.63) is 42.6 Å². The van der Waals surface area contributed by atoms with Gasteiger partial charge in [-0.15, -0.1) is 6.58 Å². The number of benzene rings is 1. The molecule has 0 amide bonds.